The van der Waals surface area contributed by atoms with Crippen LogP contribution in [0.25, 0.3) is 0 Å². The van der Waals surface area contributed by atoms with Crippen LogP contribution in [0.4, 0.5) is 5.69 Å². The quantitative estimate of drug-likeness (QED) is 0.748. The molecule has 0 saturated carbocycles. The lowest BCUT2D eigenvalue weighted by atomic mass is 10.0. The van der Waals surface area contributed by atoms with Crippen LogP contribution in [0.5, 0.6) is 0 Å². The molecule has 1 aromatic rings. The van der Waals surface area contributed by atoms with Gasteiger partial charge in [0, 0.05) is 0 Å². The molecule has 2 rings (SSSR count). The molecule has 1 aliphatic heterocycles. The van der Waals surface area contributed by atoms with E-state index in [1.165, 1.54) is 0 Å². The van der Waals surface area contributed by atoms with Crippen molar-refractivity contribution >= 4 is 17.5 Å². The third-order valence-corrected chi connectivity index (χ3v) is 2.67. The van der Waals surface area contributed by atoms with Crippen LogP contribution < -0.4 is 10.6 Å². The molecule has 1 aliphatic rings. The van der Waals surface area contributed by atoms with Gasteiger partial charge in [0.15, 0.2) is 0 Å². The zero-order valence-corrected chi connectivity index (χ0v) is 9.28. The molecular weight excluding hydrogens is 204 g/mol. The first-order chi connectivity index (χ1) is 7.59. The second-order valence-corrected chi connectivity index (χ2v) is 4.23. The molecule has 4 heteroatoms. The smallest absolute Gasteiger partial charge is 0.254 e. The number of carbonyl (C=O) groups excluding carboxylic acids is 2. The fourth-order valence-corrected chi connectivity index (χ4v) is 1.75. The number of anilines is 1. The average Bonchev–Trinajstić information content (AvgIpc) is 2.37. The summed E-state index contributed by atoms with van der Waals surface area (Å²) in [7, 11) is 0. The molecule has 1 aromatic carbocycles. The summed E-state index contributed by atoms with van der Waals surface area (Å²) in [6, 6.07) is 6.53. The van der Waals surface area contributed by atoms with Gasteiger partial charge >= 0.3 is 0 Å². The van der Waals surface area contributed by atoms with Crippen molar-refractivity contribution < 1.29 is 9.59 Å². The Bertz CT molecular complexity index is 440. The highest BCUT2D eigenvalue weighted by Gasteiger charge is 2.29. The Morgan fingerprint density at radius 3 is 2.56 bits per heavy atom. The van der Waals surface area contributed by atoms with Gasteiger partial charge in [0.25, 0.3) is 5.91 Å². The number of nitrogens with one attached hydrogen (secondary N) is 2. The monoisotopic (exact) mass is 218 g/mol. The molecule has 1 heterocycles. The molecular formula is C12H14N2O2. The van der Waals surface area contributed by atoms with Crippen molar-refractivity contribution in [2.24, 2.45) is 5.92 Å². The maximum absolute atomic E-state index is 11.9. The predicted molar refractivity (Wildman–Crippen MR) is 61.2 cm³/mol. The predicted octanol–water partition coefficient (Wildman–Crippen LogP) is 1.39. The molecule has 4 nitrogen and oxygen atoms in total. The van der Waals surface area contributed by atoms with Gasteiger partial charge in [0.05, 0.1) is 11.3 Å². The Morgan fingerprint density at radius 2 is 1.88 bits per heavy atom. The van der Waals surface area contributed by atoms with Crippen LogP contribution in [0.2, 0.25) is 0 Å². The maximum atomic E-state index is 11.9. The average molecular weight is 218 g/mol. The Labute approximate surface area is 94.0 Å². The zero-order chi connectivity index (χ0) is 11.7. The molecule has 2 amide bonds. The number of hydrogen-bond acceptors (Lipinski definition) is 2. The van der Waals surface area contributed by atoms with Gasteiger partial charge in [-0.3, -0.25) is 9.59 Å². The summed E-state index contributed by atoms with van der Waals surface area (Å²) in [6.45, 7) is 3.81. The van der Waals surface area contributed by atoms with Gasteiger partial charge in [-0.15, -0.1) is 0 Å². The van der Waals surface area contributed by atoms with Gasteiger partial charge in [-0.2, -0.15) is 0 Å². The summed E-state index contributed by atoms with van der Waals surface area (Å²) in [5.41, 5.74) is 1.09. The van der Waals surface area contributed by atoms with E-state index < -0.39 is 6.04 Å². The molecule has 0 aromatic heterocycles. The van der Waals surface area contributed by atoms with Gasteiger partial charge in [0.2, 0.25) is 5.91 Å². The summed E-state index contributed by atoms with van der Waals surface area (Å²) < 4.78 is 0. The SMILES string of the molecule is CC(C)[C@H]1NC(=O)c2ccccc2NC1=O. The number of hydrogen-bond donors (Lipinski definition) is 2. The second kappa shape index (κ2) is 3.96. The van der Waals surface area contributed by atoms with E-state index in [1.807, 2.05) is 13.8 Å². The molecule has 0 radical (unpaired) electrons. The molecule has 0 bridgehead atoms. The highest BCUT2D eigenvalue weighted by molar-refractivity contribution is 6.09. The molecule has 0 saturated heterocycles. The minimum absolute atomic E-state index is 0.0678. The second-order valence-electron chi connectivity index (χ2n) is 4.23. The van der Waals surface area contributed by atoms with Crippen LogP contribution in [-0.4, -0.2) is 17.9 Å². The lowest BCUT2D eigenvalue weighted by Gasteiger charge is -2.17. The molecule has 0 fully saturated rings. The van der Waals surface area contributed by atoms with E-state index in [9.17, 15) is 9.59 Å². The van der Waals surface area contributed by atoms with Crippen molar-refractivity contribution in [3.8, 4) is 0 Å². The van der Waals surface area contributed by atoms with E-state index in [2.05, 4.69) is 10.6 Å². The molecule has 2 N–H and O–H groups in total. The van der Waals surface area contributed by atoms with E-state index in [0.717, 1.165) is 0 Å². The molecule has 84 valence electrons. The fourth-order valence-electron chi connectivity index (χ4n) is 1.75. The first-order valence-corrected chi connectivity index (χ1v) is 5.30. The molecule has 1 atom stereocenters. The van der Waals surface area contributed by atoms with E-state index in [-0.39, 0.29) is 17.7 Å². The number of benzene rings is 1. The van der Waals surface area contributed by atoms with Crippen LogP contribution in [0, 0.1) is 5.92 Å². The molecule has 0 spiro atoms. The lowest BCUT2D eigenvalue weighted by molar-refractivity contribution is -0.118. The topological polar surface area (TPSA) is 58.2 Å². The number of amides is 2. The number of rotatable bonds is 1. The standard InChI is InChI=1S/C12H14N2O2/c1-7(2)10-12(16)13-9-6-4-3-5-8(9)11(15)14-10/h3-7,10H,1-2H3,(H,13,16)(H,14,15)/t10-/m1/s1. The van der Waals surface area contributed by atoms with Crippen molar-refractivity contribution in [1.82, 2.24) is 5.32 Å². The Hall–Kier alpha value is -1.84. The van der Waals surface area contributed by atoms with E-state index in [4.69, 9.17) is 0 Å². The van der Waals surface area contributed by atoms with Crippen molar-refractivity contribution in [3.05, 3.63) is 29.8 Å². The third kappa shape index (κ3) is 1.78. The maximum Gasteiger partial charge on any atom is 0.254 e. The van der Waals surface area contributed by atoms with Crippen LogP contribution in [-0.2, 0) is 4.79 Å². The molecule has 16 heavy (non-hydrogen) atoms. The largest absolute Gasteiger partial charge is 0.340 e. The normalized spacial score (nSPS) is 19.8. The van der Waals surface area contributed by atoms with Crippen molar-refractivity contribution in [2.75, 3.05) is 5.32 Å². The summed E-state index contributed by atoms with van der Waals surface area (Å²) in [5, 5.41) is 5.50. The van der Waals surface area contributed by atoms with Gasteiger partial charge in [-0.1, -0.05) is 26.0 Å². The summed E-state index contributed by atoms with van der Waals surface area (Å²) in [4.78, 5) is 23.7. The van der Waals surface area contributed by atoms with E-state index in [1.54, 1.807) is 24.3 Å². The highest BCUT2D eigenvalue weighted by atomic mass is 16.2. The Morgan fingerprint density at radius 1 is 1.19 bits per heavy atom. The number of fused-ring (bicyclic) bond motifs is 1. The first kappa shape index (κ1) is 10.7. The van der Waals surface area contributed by atoms with Crippen LogP contribution in [0.3, 0.4) is 0 Å². The Kier molecular flexibility index (Phi) is 2.64. The van der Waals surface area contributed by atoms with E-state index in [0.29, 0.717) is 11.3 Å². The van der Waals surface area contributed by atoms with Crippen molar-refractivity contribution in [3.63, 3.8) is 0 Å². The van der Waals surface area contributed by atoms with Crippen LogP contribution >= 0.6 is 0 Å². The van der Waals surface area contributed by atoms with E-state index >= 15 is 0 Å². The summed E-state index contributed by atoms with van der Waals surface area (Å²) in [6.07, 6.45) is 0. The van der Waals surface area contributed by atoms with Crippen LogP contribution in [0.1, 0.15) is 24.2 Å². The fraction of sp³-hybridized carbons (Fsp3) is 0.333. The number of carbonyl (C=O) groups is 2. The number of para-hydroxylation sites is 1. The van der Waals surface area contributed by atoms with Crippen molar-refractivity contribution in [1.29, 1.82) is 0 Å². The summed E-state index contributed by atoms with van der Waals surface area (Å²) in [5.74, 6) is -0.292. The third-order valence-electron chi connectivity index (χ3n) is 2.67. The van der Waals surface area contributed by atoms with Gasteiger partial charge in [0.1, 0.15) is 6.04 Å². The van der Waals surface area contributed by atoms with Gasteiger partial charge < -0.3 is 10.6 Å². The minimum Gasteiger partial charge on any atom is -0.340 e. The van der Waals surface area contributed by atoms with Crippen molar-refractivity contribution in [2.45, 2.75) is 19.9 Å². The van der Waals surface area contributed by atoms with Gasteiger partial charge in [-0.25, -0.2) is 0 Å². The first-order valence-electron chi connectivity index (χ1n) is 5.30. The van der Waals surface area contributed by atoms with Gasteiger partial charge in [-0.05, 0) is 18.1 Å². The lowest BCUT2D eigenvalue weighted by Crippen LogP contribution is -2.44. The van der Waals surface area contributed by atoms with Crippen LogP contribution in [0.15, 0.2) is 24.3 Å². The zero-order valence-electron chi connectivity index (χ0n) is 9.28. The highest BCUT2D eigenvalue weighted by Crippen LogP contribution is 2.19. The molecule has 0 aliphatic carbocycles. The minimum atomic E-state index is -0.472. The summed E-state index contributed by atoms with van der Waals surface area (Å²) >= 11 is 0. The molecule has 0 unspecified atom stereocenters. The Balaban J connectivity index is 2.40.